The number of fused-ring (bicyclic) bond motifs is 2. The summed E-state index contributed by atoms with van der Waals surface area (Å²) in [5.74, 6) is 1.33. The maximum atomic E-state index is 10.9. The van der Waals surface area contributed by atoms with Gasteiger partial charge in [-0.3, -0.25) is 4.79 Å². The van der Waals surface area contributed by atoms with Gasteiger partial charge in [0.05, 0.1) is 0 Å². The Hall–Kier alpha value is -2.29. The second-order valence-electron chi connectivity index (χ2n) is 4.08. The predicted octanol–water partition coefficient (Wildman–Crippen LogP) is 2.48. The minimum atomic E-state index is -1.02. The van der Waals surface area contributed by atoms with Crippen molar-refractivity contribution in [1.29, 1.82) is 0 Å². The number of hydrogen-bond donors (Lipinski definition) is 0. The molecule has 1 aliphatic rings. The van der Waals surface area contributed by atoms with E-state index in [1.807, 2.05) is 48.5 Å². The van der Waals surface area contributed by atoms with E-state index < -0.39 is 6.29 Å². The van der Waals surface area contributed by atoms with Crippen LogP contribution in [0.4, 0.5) is 0 Å². The lowest BCUT2D eigenvalue weighted by Crippen LogP contribution is -2.27. The fourth-order valence-electron chi connectivity index (χ4n) is 2.04. The maximum absolute atomic E-state index is 10.9. The summed E-state index contributed by atoms with van der Waals surface area (Å²) in [7, 11) is 0. The van der Waals surface area contributed by atoms with Crippen molar-refractivity contribution in [3.8, 4) is 11.5 Å². The first-order valence-electron chi connectivity index (χ1n) is 5.73. The third-order valence-corrected chi connectivity index (χ3v) is 2.89. The quantitative estimate of drug-likeness (QED) is 0.767. The van der Waals surface area contributed by atoms with Gasteiger partial charge < -0.3 is 9.47 Å². The largest absolute Gasteiger partial charge is 0.447 e. The van der Waals surface area contributed by atoms with Crippen molar-refractivity contribution in [1.82, 2.24) is 0 Å². The van der Waals surface area contributed by atoms with Gasteiger partial charge in [-0.2, -0.15) is 0 Å². The van der Waals surface area contributed by atoms with E-state index in [-0.39, 0.29) is 0 Å². The van der Waals surface area contributed by atoms with Crippen molar-refractivity contribution in [2.75, 3.05) is 0 Å². The molecule has 0 spiro atoms. The van der Waals surface area contributed by atoms with Crippen LogP contribution in [-0.4, -0.2) is 12.6 Å². The smallest absolute Gasteiger partial charge is 0.308 e. The number of hydrogen-bond acceptors (Lipinski definition) is 3. The molecule has 0 unspecified atom stereocenters. The van der Waals surface area contributed by atoms with Gasteiger partial charge in [0.2, 0.25) is 0 Å². The zero-order chi connectivity index (χ0) is 12.4. The van der Waals surface area contributed by atoms with E-state index in [0.717, 1.165) is 17.5 Å². The van der Waals surface area contributed by atoms with Crippen LogP contribution in [-0.2, 0) is 11.2 Å². The Morgan fingerprint density at radius 1 is 0.889 bits per heavy atom. The standard InChI is InChI=1S/C15H11O3/c16-10-15-17-13-7-3-1-5-11(13)9-12-6-2-4-8-14(12)18-15/h1-8,15H,9H2. The lowest BCUT2D eigenvalue weighted by Gasteiger charge is -2.22. The van der Waals surface area contributed by atoms with Gasteiger partial charge in [0.25, 0.3) is 6.29 Å². The summed E-state index contributed by atoms with van der Waals surface area (Å²) >= 11 is 0. The van der Waals surface area contributed by atoms with Crippen LogP contribution < -0.4 is 9.47 Å². The fourth-order valence-corrected chi connectivity index (χ4v) is 2.04. The maximum Gasteiger partial charge on any atom is 0.308 e. The molecule has 18 heavy (non-hydrogen) atoms. The molecule has 3 heteroatoms. The molecule has 0 aliphatic carbocycles. The summed E-state index contributed by atoms with van der Waals surface area (Å²) in [4.78, 5) is 10.9. The van der Waals surface area contributed by atoms with E-state index in [1.165, 1.54) is 0 Å². The first-order valence-corrected chi connectivity index (χ1v) is 5.73. The molecule has 0 bridgehead atoms. The molecule has 2 aromatic rings. The molecule has 0 saturated carbocycles. The zero-order valence-corrected chi connectivity index (χ0v) is 9.63. The van der Waals surface area contributed by atoms with Crippen LogP contribution in [0.1, 0.15) is 11.1 Å². The van der Waals surface area contributed by atoms with Gasteiger partial charge in [-0.15, -0.1) is 0 Å². The number of benzene rings is 2. The van der Waals surface area contributed by atoms with Crippen LogP contribution in [0, 0.1) is 0 Å². The van der Waals surface area contributed by atoms with Crippen LogP contribution in [0.25, 0.3) is 0 Å². The van der Waals surface area contributed by atoms with Gasteiger partial charge in [0.1, 0.15) is 11.5 Å². The van der Waals surface area contributed by atoms with Crippen LogP contribution >= 0.6 is 0 Å². The molecule has 0 amide bonds. The van der Waals surface area contributed by atoms with Crippen molar-refractivity contribution in [3.63, 3.8) is 0 Å². The third kappa shape index (κ3) is 1.95. The van der Waals surface area contributed by atoms with Crippen LogP contribution in [0.2, 0.25) is 0 Å². The Morgan fingerprint density at radius 2 is 1.39 bits per heavy atom. The highest BCUT2D eigenvalue weighted by Gasteiger charge is 2.20. The van der Waals surface area contributed by atoms with Gasteiger partial charge in [-0.05, 0) is 23.3 Å². The molecular weight excluding hydrogens is 228 g/mol. The van der Waals surface area contributed by atoms with Crippen molar-refractivity contribution in [2.45, 2.75) is 12.7 Å². The molecule has 0 N–H and O–H groups in total. The van der Waals surface area contributed by atoms with Gasteiger partial charge in [0, 0.05) is 6.42 Å². The van der Waals surface area contributed by atoms with Crippen LogP contribution in [0.5, 0.6) is 11.5 Å². The minimum absolute atomic E-state index is 0.667. The van der Waals surface area contributed by atoms with Gasteiger partial charge in [-0.1, -0.05) is 36.4 Å². The third-order valence-electron chi connectivity index (χ3n) is 2.89. The molecule has 1 heterocycles. The Kier molecular flexibility index (Phi) is 2.73. The Labute approximate surface area is 105 Å². The monoisotopic (exact) mass is 239 g/mol. The first kappa shape index (κ1) is 10.8. The number of rotatable bonds is 1. The van der Waals surface area contributed by atoms with Crippen molar-refractivity contribution in [2.24, 2.45) is 0 Å². The second kappa shape index (κ2) is 4.53. The second-order valence-corrected chi connectivity index (χ2v) is 4.08. The van der Waals surface area contributed by atoms with Crippen molar-refractivity contribution < 1.29 is 14.3 Å². The SMILES string of the molecule is O=[C]C1Oc2ccccc2Cc2ccccc2O1. The molecule has 1 aliphatic heterocycles. The number of para-hydroxylation sites is 2. The molecule has 1 radical (unpaired) electrons. The van der Waals surface area contributed by atoms with E-state index in [0.29, 0.717) is 11.5 Å². The number of ether oxygens (including phenoxy) is 2. The summed E-state index contributed by atoms with van der Waals surface area (Å²) in [6.07, 6.45) is 1.46. The van der Waals surface area contributed by atoms with E-state index in [9.17, 15) is 4.79 Å². The number of carbonyl (C=O) groups excluding carboxylic acids is 1. The Morgan fingerprint density at radius 3 is 1.89 bits per heavy atom. The first-order chi connectivity index (χ1) is 8.86. The fraction of sp³-hybridized carbons (Fsp3) is 0.133. The lowest BCUT2D eigenvalue weighted by atomic mass is 10.0. The average Bonchev–Trinajstić information content (AvgIpc) is 2.39. The molecule has 0 saturated heterocycles. The molecule has 89 valence electrons. The summed E-state index contributed by atoms with van der Waals surface area (Å²) in [5, 5.41) is 0. The van der Waals surface area contributed by atoms with Crippen molar-refractivity contribution >= 4 is 6.29 Å². The molecule has 0 atom stereocenters. The predicted molar refractivity (Wildman–Crippen MR) is 66.4 cm³/mol. The molecule has 0 fully saturated rings. The molecule has 3 rings (SSSR count). The van der Waals surface area contributed by atoms with Crippen LogP contribution in [0.15, 0.2) is 48.5 Å². The van der Waals surface area contributed by atoms with Crippen molar-refractivity contribution in [3.05, 3.63) is 59.7 Å². The van der Waals surface area contributed by atoms with Gasteiger partial charge >= 0.3 is 6.29 Å². The molecular formula is C15H11O3. The Balaban J connectivity index is 2.10. The summed E-state index contributed by atoms with van der Waals surface area (Å²) in [6, 6.07) is 15.3. The van der Waals surface area contributed by atoms with Gasteiger partial charge in [-0.25, -0.2) is 0 Å². The summed E-state index contributed by atoms with van der Waals surface area (Å²) in [5.41, 5.74) is 2.07. The molecule has 3 nitrogen and oxygen atoms in total. The lowest BCUT2D eigenvalue weighted by molar-refractivity contribution is 0.0580. The molecule has 2 aromatic carbocycles. The highest BCUT2D eigenvalue weighted by molar-refractivity contribution is 5.58. The summed E-state index contributed by atoms with van der Waals surface area (Å²) in [6.45, 7) is 0. The van der Waals surface area contributed by atoms with Gasteiger partial charge in [0.15, 0.2) is 0 Å². The van der Waals surface area contributed by atoms with E-state index in [4.69, 9.17) is 9.47 Å². The molecule has 0 aromatic heterocycles. The highest BCUT2D eigenvalue weighted by atomic mass is 16.7. The van der Waals surface area contributed by atoms with E-state index in [1.54, 1.807) is 6.29 Å². The zero-order valence-electron chi connectivity index (χ0n) is 9.63. The minimum Gasteiger partial charge on any atom is -0.447 e. The normalized spacial score (nSPS) is 14.2. The van der Waals surface area contributed by atoms with E-state index >= 15 is 0 Å². The van der Waals surface area contributed by atoms with Crippen LogP contribution in [0.3, 0.4) is 0 Å². The average molecular weight is 239 g/mol. The summed E-state index contributed by atoms with van der Waals surface area (Å²) < 4.78 is 11.0. The van der Waals surface area contributed by atoms with E-state index in [2.05, 4.69) is 0 Å². The topological polar surface area (TPSA) is 35.5 Å². The highest BCUT2D eigenvalue weighted by Crippen LogP contribution is 2.30. The Bertz CT molecular complexity index is 530.